The number of aromatic nitrogens is 4. The van der Waals surface area contributed by atoms with E-state index in [1.54, 1.807) is 0 Å². The van der Waals surface area contributed by atoms with E-state index in [1.807, 2.05) is 28.9 Å². The monoisotopic (exact) mass is 489 g/mol. The Morgan fingerprint density at radius 1 is 0.919 bits per heavy atom. The number of hydrogen-bond donors (Lipinski definition) is 0. The summed E-state index contributed by atoms with van der Waals surface area (Å²) in [6.45, 7) is 16.3. The van der Waals surface area contributed by atoms with E-state index in [2.05, 4.69) is 105 Å². The molecule has 1 fully saturated rings. The van der Waals surface area contributed by atoms with E-state index in [-0.39, 0.29) is 6.04 Å². The smallest absolute Gasteiger partial charge is 0.187 e. The summed E-state index contributed by atoms with van der Waals surface area (Å²) in [6, 6.07) is 24.3. The fraction of sp³-hybridized carbons (Fsp3) is 0.267. The molecular formula is C30H31N7. The molecule has 0 N–H and O–H groups in total. The Morgan fingerprint density at radius 3 is 2.38 bits per heavy atom. The van der Waals surface area contributed by atoms with Crippen LogP contribution in [0.25, 0.3) is 16.6 Å². The van der Waals surface area contributed by atoms with E-state index >= 15 is 0 Å². The number of rotatable bonds is 7. The van der Waals surface area contributed by atoms with Gasteiger partial charge in [-0.05, 0) is 46.5 Å². The minimum atomic E-state index is -0.155. The molecule has 7 heteroatoms. The van der Waals surface area contributed by atoms with E-state index in [9.17, 15) is 0 Å². The molecule has 0 unspecified atom stereocenters. The topological polar surface area (TPSA) is 54.4 Å². The van der Waals surface area contributed by atoms with Crippen LogP contribution < -0.4 is 0 Å². The summed E-state index contributed by atoms with van der Waals surface area (Å²) in [7, 11) is 0. The second kappa shape index (κ2) is 11.3. The number of piperazine rings is 1. The zero-order chi connectivity index (χ0) is 25.6. The summed E-state index contributed by atoms with van der Waals surface area (Å²) in [5.74, 6) is 0.775. The molecular weight excluding hydrogens is 458 g/mol. The molecule has 1 atom stereocenters. The molecule has 1 aliphatic rings. The van der Waals surface area contributed by atoms with Gasteiger partial charge in [0, 0.05) is 32.7 Å². The van der Waals surface area contributed by atoms with Crippen LogP contribution in [0.4, 0.5) is 5.69 Å². The van der Waals surface area contributed by atoms with Crippen molar-refractivity contribution in [2.75, 3.05) is 32.7 Å². The van der Waals surface area contributed by atoms with E-state index in [0.29, 0.717) is 5.69 Å². The minimum Gasteiger partial charge on any atom is -0.297 e. The van der Waals surface area contributed by atoms with Gasteiger partial charge in [-0.25, -0.2) is 4.85 Å². The highest BCUT2D eigenvalue weighted by atomic mass is 15.6. The Balaban J connectivity index is 1.41. The lowest BCUT2D eigenvalue weighted by atomic mass is 10.0. The van der Waals surface area contributed by atoms with Gasteiger partial charge < -0.3 is 0 Å². The second-order valence-electron chi connectivity index (χ2n) is 9.45. The summed E-state index contributed by atoms with van der Waals surface area (Å²) in [5, 5.41) is 13.1. The minimum absolute atomic E-state index is 0.155. The van der Waals surface area contributed by atoms with Gasteiger partial charge in [-0.1, -0.05) is 84.9 Å². The van der Waals surface area contributed by atoms with Crippen molar-refractivity contribution in [3.05, 3.63) is 118 Å². The molecule has 186 valence electrons. The molecule has 0 saturated carbocycles. The van der Waals surface area contributed by atoms with Crippen LogP contribution in [-0.4, -0.2) is 62.7 Å². The third-order valence-corrected chi connectivity index (χ3v) is 6.95. The summed E-state index contributed by atoms with van der Waals surface area (Å²) < 4.78 is 1.88. The molecule has 37 heavy (non-hydrogen) atoms. The Hall–Kier alpha value is -4.12. The number of nitrogens with zero attached hydrogens (tertiary/aromatic N) is 7. The average molecular weight is 490 g/mol. The third-order valence-electron chi connectivity index (χ3n) is 6.95. The first-order valence-electron chi connectivity index (χ1n) is 12.6. The number of tetrazole rings is 1. The summed E-state index contributed by atoms with van der Waals surface area (Å²) >= 11 is 0. The van der Waals surface area contributed by atoms with Crippen molar-refractivity contribution in [1.82, 2.24) is 30.0 Å². The van der Waals surface area contributed by atoms with Crippen LogP contribution in [-0.2, 0) is 0 Å². The van der Waals surface area contributed by atoms with Gasteiger partial charge in [-0.2, -0.15) is 4.68 Å². The lowest BCUT2D eigenvalue weighted by Crippen LogP contribution is -2.48. The van der Waals surface area contributed by atoms with Crippen molar-refractivity contribution < 1.29 is 0 Å². The van der Waals surface area contributed by atoms with Gasteiger partial charge in [0.1, 0.15) is 0 Å². The first-order valence-corrected chi connectivity index (χ1v) is 12.6. The molecule has 0 radical (unpaired) electrons. The first-order chi connectivity index (χ1) is 18.1. The SMILES string of the molecule is [C-]#[N+]c1cccc([C@@H](c2nnnn2-c2c(C)cccc2C)N2CCN(CC=Cc3ccccc3)CC2)c1. The number of para-hydroxylation sites is 1. The van der Waals surface area contributed by atoms with Crippen molar-refractivity contribution in [2.45, 2.75) is 19.9 Å². The summed E-state index contributed by atoms with van der Waals surface area (Å²) in [5.41, 5.74) is 6.14. The molecule has 0 spiro atoms. The number of aryl methyl sites for hydroxylation is 2. The standard InChI is InChI=1S/C30H31N7/c1-23-10-7-11-24(2)28(23)37-30(32-33-34-37)29(26-15-8-16-27(22-26)31-3)36-20-18-35(19-21-36)17-9-14-25-12-5-4-6-13-25/h4-16,22,29H,17-21H2,1-2H3/t29-/m0/s1. The maximum absolute atomic E-state index is 7.54. The Morgan fingerprint density at radius 2 is 1.65 bits per heavy atom. The van der Waals surface area contributed by atoms with Gasteiger partial charge >= 0.3 is 0 Å². The Kier molecular flexibility index (Phi) is 7.50. The van der Waals surface area contributed by atoms with E-state index in [4.69, 9.17) is 6.57 Å². The van der Waals surface area contributed by atoms with Gasteiger partial charge in [-0.3, -0.25) is 9.80 Å². The maximum Gasteiger partial charge on any atom is 0.187 e. The van der Waals surface area contributed by atoms with E-state index in [0.717, 1.165) is 60.9 Å². The Labute approximate surface area is 218 Å². The largest absolute Gasteiger partial charge is 0.297 e. The summed E-state index contributed by atoms with van der Waals surface area (Å²) in [6.07, 6.45) is 4.42. The molecule has 0 bridgehead atoms. The van der Waals surface area contributed by atoms with E-state index in [1.165, 1.54) is 5.56 Å². The van der Waals surface area contributed by atoms with Crippen LogP contribution in [0.3, 0.4) is 0 Å². The van der Waals surface area contributed by atoms with Gasteiger partial charge in [-0.15, -0.1) is 5.10 Å². The fourth-order valence-corrected chi connectivity index (χ4v) is 5.06. The fourth-order valence-electron chi connectivity index (χ4n) is 5.06. The van der Waals surface area contributed by atoms with E-state index < -0.39 is 0 Å². The molecule has 1 aromatic heterocycles. The predicted molar refractivity (Wildman–Crippen MR) is 147 cm³/mol. The molecule has 7 nitrogen and oxygen atoms in total. The van der Waals surface area contributed by atoms with Crippen molar-refractivity contribution in [2.24, 2.45) is 0 Å². The molecule has 4 aromatic rings. The predicted octanol–water partition coefficient (Wildman–Crippen LogP) is 5.25. The molecule has 0 amide bonds. The van der Waals surface area contributed by atoms with Crippen LogP contribution in [0.5, 0.6) is 0 Å². The van der Waals surface area contributed by atoms with Crippen LogP contribution in [0.15, 0.2) is 78.9 Å². The molecule has 0 aliphatic carbocycles. The molecule has 1 saturated heterocycles. The van der Waals surface area contributed by atoms with Gasteiger partial charge in [0.2, 0.25) is 0 Å². The average Bonchev–Trinajstić information content (AvgIpc) is 3.39. The van der Waals surface area contributed by atoms with Crippen molar-refractivity contribution in [3.8, 4) is 5.69 Å². The van der Waals surface area contributed by atoms with Crippen LogP contribution in [0, 0.1) is 20.4 Å². The first kappa shape index (κ1) is 24.6. The Bertz CT molecular complexity index is 1390. The molecule has 5 rings (SSSR count). The lowest BCUT2D eigenvalue weighted by Gasteiger charge is -2.38. The molecule has 2 heterocycles. The molecule has 1 aliphatic heterocycles. The highest BCUT2D eigenvalue weighted by molar-refractivity contribution is 5.50. The zero-order valence-electron chi connectivity index (χ0n) is 21.3. The van der Waals surface area contributed by atoms with Crippen LogP contribution in [0.1, 0.15) is 34.1 Å². The van der Waals surface area contributed by atoms with Crippen molar-refractivity contribution in [1.29, 1.82) is 0 Å². The highest BCUT2D eigenvalue weighted by Crippen LogP contribution is 2.32. The summed E-state index contributed by atoms with van der Waals surface area (Å²) in [4.78, 5) is 8.59. The van der Waals surface area contributed by atoms with Crippen molar-refractivity contribution >= 4 is 11.8 Å². The number of hydrogen-bond acceptors (Lipinski definition) is 5. The maximum atomic E-state index is 7.54. The van der Waals surface area contributed by atoms with Crippen LogP contribution in [0.2, 0.25) is 0 Å². The van der Waals surface area contributed by atoms with Gasteiger partial charge in [0.15, 0.2) is 11.5 Å². The highest BCUT2D eigenvalue weighted by Gasteiger charge is 2.31. The number of benzene rings is 3. The lowest BCUT2D eigenvalue weighted by molar-refractivity contribution is 0.113. The normalized spacial score (nSPS) is 15.6. The molecule has 3 aromatic carbocycles. The van der Waals surface area contributed by atoms with Crippen molar-refractivity contribution in [3.63, 3.8) is 0 Å². The zero-order valence-corrected chi connectivity index (χ0v) is 21.3. The van der Waals surface area contributed by atoms with Gasteiger partial charge in [0.05, 0.1) is 18.3 Å². The van der Waals surface area contributed by atoms with Gasteiger partial charge in [0.25, 0.3) is 0 Å². The second-order valence-corrected chi connectivity index (χ2v) is 9.45. The quantitative estimate of drug-likeness (QED) is 0.332. The van der Waals surface area contributed by atoms with Crippen LogP contribution >= 0.6 is 0 Å². The third kappa shape index (κ3) is 5.51.